The summed E-state index contributed by atoms with van der Waals surface area (Å²) < 4.78 is 1.81. The molecule has 0 unspecified atom stereocenters. The Balaban J connectivity index is 2.49. The highest BCUT2D eigenvalue weighted by atomic mass is 16.1. The van der Waals surface area contributed by atoms with Crippen molar-refractivity contribution in [3.63, 3.8) is 0 Å². The van der Waals surface area contributed by atoms with Crippen molar-refractivity contribution in [3.05, 3.63) is 28.7 Å². The summed E-state index contributed by atoms with van der Waals surface area (Å²) in [6.45, 7) is 1.96. The van der Waals surface area contributed by atoms with Crippen LogP contribution in [0.3, 0.4) is 0 Å². The third-order valence-corrected chi connectivity index (χ3v) is 3.20. The molecule has 0 saturated carbocycles. The number of carbonyl (C=O) groups is 1. The Hall–Kier alpha value is -1.58. The summed E-state index contributed by atoms with van der Waals surface area (Å²) >= 11 is 0. The smallest absolute Gasteiger partial charge is 0.194 e. The zero-order chi connectivity index (χ0) is 12.6. The van der Waals surface area contributed by atoms with Crippen LogP contribution < -0.4 is 0 Å². The van der Waals surface area contributed by atoms with E-state index >= 15 is 0 Å². The van der Waals surface area contributed by atoms with Gasteiger partial charge in [-0.05, 0) is 26.2 Å². The van der Waals surface area contributed by atoms with Crippen LogP contribution in [-0.4, -0.2) is 34.6 Å². The third-order valence-electron chi connectivity index (χ3n) is 3.20. The van der Waals surface area contributed by atoms with Crippen LogP contribution in [0.1, 0.15) is 34.6 Å². The fraction of sp³-hybridized carbons (Fsp3) is 0.538. The number of nitrogens with zero attached hydrogens (tertiary/aromatic N) is 3. The quantitative estimate of drug-likeness (QED) is 0.547. The van der Waals surface area contributed by atoms with E-state index in [0.29, 0.717) is 0 Å². The van der Waals surface area contributed by atoms with Gasteiger partial charge in [0, 0.05) is 38.6 Å². The molecule has 1 heterocycles. The normalized spacial score (nSPS) is 18.1. The third kappa shape index (κ3) is 2.12. The number of carbonyl (C=O) groups excluding carboxylic acids is 1. The first-order chi connectivity index (χ1) is 8.00. The number of ketones is 1. The number of hydrogen-bond donors (Lipinski definition) is 0. The highest BCUT2D eigenvalue weighted by Gasteiger charge is 2.25. The van der Waals surface area contributed by atoms with Gasteiger partial charge in [0.2, 0.25) is 0 Å². The van der Waals surface area contributed by atoms with Crippen molar-refractivity contribution < 1.29 is 4.79 Å². The molecule has 0 amide bonds. The lowest BCUT2D eigenvalue weighted by Gasteiger charge is -2.09. The Morgan fingerprint density at radius 1 is 1.35 bits per heavy atom. The van der Waals surface area contributed by atoms with Crippen molar-refractivity contribution >= 4 is 5.78 Å². The highest BCUT2D eigenvalue weighted by Crippen LogP contribution is 2.25. The summed E-state index contributed by atoms with van der Waals surface area (Å²) in [7, 11) is 5.79. The van der Waals surface area contributed by atoms with Crippen molar-refractivity contribution in [3.8, 4) is 0 Å². The Bertz CT molecular complexity index is 483. The molecule has 0 aliphatic heterocycles. The number of allylic oxidation sites excluding steroid dienone is 1. The number of rotatable bonds is 1. The van der Waals surface area contributed by atoms with Gasteiger partial charge in [0.1, 0.15) is 0 Å². The van der Waals surface area contributed by atoms with Gasteiger partial charge in [-0.1, -0.05) is 0 Å². The Kier molecular flexibility index (Phi) is 3.05. The summed E-state index contributed by atoms with van der Waals surface area (Å²) in [5.74, 6) is 0.150. The van der Waals surface area contributed by atoms with E-state index in [9.17, 15) is 4.79 Å². The van der Waals surface area contributed by atoms with Gasteiger partial charge in [0.15, 0.2) is 5.78 Å². The first-order valence-corrected chi connectivity index (χ1v) is 5.95. The molecule has 2 rings (SSSR count). The molecule has 0 bridgehead atoms. The molecule has 0 fully saturated rings. The van der Waals surface area contributed by atoms with Gasteiger partial charge in [-0.2, -0.15) is 5.10 Å². The van der Waals surface area contributed by atoms with Crippen LogP contribution in [0.15, 0.2) is 11.8 Å². The monoisotopic (exact) mass is 233 g/mol. The molecule has 4 heteroatoms. The van der Waals surface area contributed by atoms with Gasteiger partial charge < -0.3 is 4.90 Å². The van der Waals surface area contributed by atoms with Crippen molar-refractivity contribution in [2.24, 2.45) is 7.05 Å². The van der Waals surface area contributed by atoms with Crippen LogP contribution in [0.4, 0.5) is 0 Å². The standard InChI is InChI=1S/C13H19N3O/c1-9-12-11(14-16(9)4)7-5-6-10(13(12)17)8-15(2)3/h8H,5-7H2,1-4H3. The first kappa shape index (κ1) is 11.9. The van der Waals surface area contributed by atoms with E-state index in [0.717, 1.165) is 41.8 Å². The zero-order valence-corrected chi connectivity index (χ0v) is 10.9. The van der Waals surface area contributed by atoms with Gasteiger partial charge in [-0.3, -0.25) is 9.48 Å². The van der Waals surface area contributed by atoms with E-state index in [1.54, 1.807) is 4.68 Å². The van der Waals surface area contributed by atoms with Crippen LogP contribution >= 0.6 is 0 Å². The summed E-state index contributed by atoms with van der Waals surface area (Å²) in [6.07, 6.45) is 4.67. The maximum absolute atomic E-state index is 12.5. The number of fused-ring (bicyclic) bond motifs is 1. The second kappa shape index (κ2) is 4.35. The molecule has 0 atom stereocenters. The fourth-order valence-corrected chi connectivity index (χ4v) is 2.30. The van der Waals surface area contributed by atoms with Crippen LogP contribution in [0.5, 0.6) is 0 Å². The van der Waals surface area contributed by atoms with Crippen molar-refractivity contribution in [1.82, 2.24) is 14.7 Å². The molecule has 17 heavy (non-hydrogen) atoms. The van der Waals surface area contributed by atoms with Crippen LogP contribution in [-0.2, 0) is 13.5 Å². The minimum atomic E-state index is 0.150. The maximum Gasteiger partial charge on any atom is 0.194 e. The predicted molar refractivity (Wildman–Crippen MR) is 67.0 cm³/mol. The molecule has 0 N–H and O–H groups in total. The van der Waals surface area contributed by atoms with Crippen LogP contribution in [0, 0.1) is 6.92 Å². The SMILES string of the molecule is Cc1c2c(nn1C)CCCC(=CN(C)C)C2=O. The average molecular weight is 233 g/mol. The number of Topliss-reactive ketones (excluding diaryl/α,β-unsaturated/α-hetero) is 1. The van der Waals surface area contributed by atoms with Crippen LogP contribution in [0.25, 0.3) is 0 Å². The molecule has 0 spiro atoms. The van der Waals surface area contributed by atoms with Gasteiger partial charge >= 0.3 is 0 Å². The van der Waals surface area contributed by atoms with Gasteiger partial charge in [0.05, 0.1) is 11.3 Å². The maximum atomic E-state index is 12.5. The topological polar surface area (TPSA) is 38.1 Å². The van der Waals surface area contributed by atoms with E-state index in [-0.39, 0.29) is 5.78 Å². The van der Waals surface area contributed by atoms with Crippen LogP contribution in [0.2, 0.25) is 0 Å². The minimum absolute atomic E-state index is 0.150. The minimum Gasteiger partial charge on any atom is -0.383 e. The second-order valence-electron chi connectivity index (χ2n) is 4.83. The van der Waals surface area contributed by atoms with Gasteiger partial charge in [-0.15, -0.1) is 0 Å². The average Bonchev–Trinajstić information content (AvgIpc) is 2.42. The molecule has 1 aromatic heterocycles. The lowest BCUT2D eigenvalue weighted by molar-refractivity contribution is 0.102. The summed E-state index contributed by atoms with van der Waals surface area (Å²) in [5, 5.41) is 4.43. The summed E-state index contributed by atoms with van der Waals surface area (Å²) in [6, 6.07) is 0. The number of aromatic nitrogens is 2. The highest BCUT2D eigenvalue weighted by molar-refractivity contribution is 6.10. The van der Waals surface area contributed by atoms with E-state index < -0.39 is 0 Å². The van der Waals surface area contributed by atoms with Gasteiger partial charge in [0.25, 0.3) is 0 Å². The molecule has 1 aliphatic rings. The molecule has 0 aromatic carbocycles. The largest absolute Gasteiger partial charge is 0.383 e. The zero-order valence-electron chi connectivity index (χ0n) is 10.9. The lowest BCUT2D eigenvalue weighted by Crippen LogP contribution is -2.10. The lowest BCUT2D eigenvalue weighted by atomic mass is 10.0. The molecular weight excluding hydrogens is 214 g/mol. The van der Waals surface area contributed by atoms with E-state index in [1.807, 2.05) is 39.2 Å². The summed E-state index contributed by atoms with van der Waals surface area (Å²) in [5.41, 5.74) is 3.64. The molecular formula is C13H19N3O. The molecule has 1 aliphatic carbocycles. The van der Waals surface area contributed by atoms with E-state index in [1.165, 1.54) is 0 Å². The van der Waals surface area contributed by atoms with E-state index in [2.05, 4.69) is 5.10 Å². The number of aryl methyl sites for hydroxylation is 2. The van der Waals surface area contributed by atoms with Crippen molar-refractivity contribution in [2.75, 3.05) is 14.1 Å². The number of hydrogen-bond acceptors (Lipinski definition) is 3. The Labute approximate surface area is 102 Å². The molecule has 0 radical (unpaired) electrons. The molecule has 4 nitrogen and oxygen atoms in total. The second-order valence-corrected chi connectivity index (χ2v) is 4.83. The first-order valence-electron chi connectivity index (χ1n) is 5.95. The fourth-order valence-electron chi connectivity index (χ4n) is 2.30. The molecule has 0 saturated heterocycles. The van der Waals surface area contributed by atoms with Gasteiger partial charge in [-0.25, -0.2) is 0 Å². The Morgan fingerprint density at radius 3 is 2.71 bits per heavy atom. The Morgan fingerprint density at radius 2 is 2.06 bits per heavy atom. The van der Waals surface area contributed by atoms with Crippen molar-refractivity contribution in [2.45, 2.75) is 26.2 Å². The molecule has 92 valence electrons. The van der Waals surface area contributed by atoms with Crippen molar-refractivity contribution in [1.29, 1.82) is 0 Å². The van der Waals surface area contributed by atoms with E-state index in [4.69, 9.17) is 0 Å². The predicted octanol–water partition coefficient (Wildman–Crippen LogP) is 1.69. The summed E-state index contributed by atoms with van der Waals surface area (Å²) in [4.78, 5) is 14.4. The molecule has 1 aromatic rings.